The number of aliphatic hydroxyl groups excluding tert-OH is 5. The van der Waals surface area contributed by atoms with Crippen molar-refractivity contribution in [1.82, 2.24) is 5.32 Å². The van der Waals surface area contributed by atoms with Crippen LogP contribution >= 0.6 is 0 Å². The largest absolute Gasteiger partial charge is 0.394 e. The van der Waals surface area contributed by atoms with Crippen LogP contribution in [0.5, 0.6) is 0 Å². The smallest absolute Gasteiger partial charge is 0.220 e. The highest BCUT2D eigenvalue weighted by Crippen LogP contribution is 2.23. The van der Waals surface area contributed by atoms with Gasteiger partial charge in [-0.25, -0.2) is 0 Å². The molecule has 1 saturated heterocycles. The number of aliphatic hydroxyl groups is 5. The Morgan fingerprint density at radius 2 is 0.868 bits per heavy atom. The van der Waals surface area contributed by atoms with Gasteiger partial charge in [-0.05, 0) is 51.4 Å². The molecule has 1 aliphatic rings. The van der Waals surface area contributed by atoms with Crippen molar-refractivity contribution in [3.8, 4) is 0 Å². The van der Waals surface area contributed by atoms with Crippen LogP contribution in [0.3, 0.4) is 0 Å². The SMILES string of the molecule is CCCCCCC/C=C\C/C=C\C/C=C\CCCCCCCCCCCCCCCCC(=O)NC(COC1OC(CO)C(O)C(O)C1O)C(O)CCCCCCCCCCCCCCCCCC. The van der Waals surface area contributed by atoms with Crippen molar-refractivity contribution in [2.24, 2.45) is 0 Å². The predicted octanol–water partition coefficient (Wildman–Crippen LogP) is 14.4. The van der Waals surface area contributed by atoms with Crippen LogP contribution in [0.15, 0.2) is 36.5 Å². The number of hydrogen-bond donors (Lipinski definition) is 6. The van der Waals surface area contributed by atoms with E-state index in [0.29, 0.717) is 12.8 Å². The van der Waals surface area contributed by atoms with Gasteiger partial charge < -0.3 is 40.3 Å². The minimum Gasteiger partial charge on any atom is -0.394 e. The number of carbonyl (C=O) groups is 1. The number of ether oxygens (including phenoxy) is 2. The molecule has 1 heterocycles. The van der Waals surface area contributed by atoms with Gasteiger partial charge in [0.2, 0.25) is 5.91 Å². The summed E-state index contributed by atoms with van der Waals surface area (Å²) in [6.45, 7) is 3.85. The van der Waals surface area contributed by atoms with Gasteiger partial charge in [0.1, 0.15) is 24.4 Å². The number of unbranched alkanes of at least 4 members (excludes halogenated alkanes) is 34. The van der Waals surface area contributed by atoms with E-state index in [0.717, 1.165) is 51.4 Å². The van der Waals surface area contributed by atoms with Gasteiger partial charge in [0.05, 0.1) is 25.4 Å². The van der Waals surface area contributed by atoms with Crippen LogP contribution in [-0.2, 0) is 14.3 Å². The van der Waals surface area contributed by atoms with Crippen molar-refractivity contribution in [2.75, 3.05) is 13.2 Å². The third-order valence-corrected chi connectivity index (χ3v) is 14.0. The van der Waals surface area contributed by atoms with Gasteiger partial charge in [-0.2, -0.15) is 0 Å². The lowest BCUT2D eigenvalue weighted by Crippen LogP contribution is -2.60. The van der Waals surface area contributed by atoms with Gasteiger partial charge in [-0.3, -0.25) is 4.79 Å². The Labute approximate surface area is 419 Å². The average molecular weight is 963 g/mol. The van der Waals surface area contributed by atoms with E-state index >= 15 is 0 Å². The van der Waals surface area contributed by atoms with Crippen LogP contribution in [0.2, 0.25) is 0 Å². The van der Waals surface area contributed by atoms with Crippen molar-refractivity contribution in [1.29, 1.82) is 0 Å². The molecule has 0 aromatic carbocycles. The molecular formula is C59H111NO8. The van der Waals surface area contributed by atoms with Gasteiger partial charge in [0.15, 0.2) is 6.29 Å². The highest BCUT2D eigenvalue weighted by Gasteiger charge is 2.44. The fraction of sp³-hybridized carbons (Fsp3) is 0.881. The zero-order chi connectivity index (χ0) is 49.4. The van der Waals surface area contributed by atoms with Gasteiger partial charge in [0, 0.05) is 6.42 Å². The van der Waals surface area contributed by atoms with Crippen molar-refractivity contribution >= 4 is 5.91 Å². The van der Waals surface area contributed by atoms with E-state index in [4.69, 9.17) is 9.47 Å². The van der Waals surface area contributed by atoms with Crippen LogP contribution in [0.25, 0.3) is 0 Å². The molecule has 7 atom stereocenters. The summed E-state index contributed by atoms with van der Waals surface area (Å²) in [4.78, 5) is 13.1. The first-order chi connectivity index (χ1) is 33.3. The molecule has 0 aliphatic carbocycles. The normalized spacial score (nSPS) is 19.8. The summed E-state index contributed by atoms with van der Waals surface area (Å²) in [5, 5.41) is 54.6. The molecule has 1 amide bonds. The van der Waals surface area contributed by atoms with E-state index in [2.05, 4.69) is 55.6 Å². The molecular weight excluding hydrogens is 851 g/mol. The van der Waals surface area contributed by atoms with Gasteiger partial charge in [-0.1, -0.05) is 256 Å². The third-order valence-electron chi connectivity index (χ3n) is 14.0. The molecule has 68 heavy (non-hydrogen) atoms. The fourth-order valence-electron chi connectivity index (χ4n) is 9.35. The molecule has 0 aromatic heterocycles. The van der Waals surface area contributed by atoms with Gasteiger partial charge in [-0.15, -0.1) is 0 Å². The molecule has 1 fully saturated rings. The Bertz CT molecular complexity index is 1160. The number of nitrogens with one attached hydrogen (secondary N) is 1. The molecule has 0 saturated carbocycles. The van der Waals surface area contributed by atoms with E-state index in [9.17, 15) is 30.3 Å². The van der Waals surface area contributed by atoms with Gasteiger partial charge in [0.25, 0.3) is 0 Å². The summed E-state index contributed by atoms with van der Waals surface area (Å²) < 4.78 is 11.3. The first-order valence-electron chi connectivity index (χ1n) is 29.2. The van der Waals surface area contributed by atoms with E-state index in [-0.39, 0.29) is 12.5 Å². The Morgan fingerprint density at radius 3 is 1.28 bits per heavy atom. The zero-order valence-electron chi connectivity index (χ0n) is 44.4. The van der Waals surface area contributed by atoms with Crippen LogP contribution in [0, 0.1) is 0 Å². The molecule has 0 spiro atoms. The lowest BCUT2D eigenvalue weighted by Gasteiger charge is -2.40. The minimum atomic E-state index is -1.55. The molecule has 6 N–H and O–H groups in total. The summed E-state index contributed by atoms with van der Waals surface area (Å²) in [5.74, 6) is -0.142. The molecule has 400 valence electrons. The first-order valence-corrected chi connectivity index (χ1v) is 29.2. The second kappa shape index (κ2) is 49.0. The van der Waals surface area contributed by atoms with Crippen molar-refractivity contribution in [3.05, 3.63) is 36.5 Å². The Hall–Kier alpha value is -1.59. The number of amides is 1. The summed E-state index contributed by atoms with van der Waals surface area (Å²) in [7, 11) is 0. The fourth-order valence-corrected chi connectivity index (χ4v) is 9.35. The zero-order valence-corrected chi connectivity index (χ0v) is 44.4. The predicted molar refractivity (Wildman–Crippen MR) is 286 cm³/mol. The lowest BCUT2D eigenvalue weighted by molar-refractivity contribution is -0.302. The third kappa shape index (κ3) is 38.1. The topological polar surface area (TPSA) is 149 Å². The summed E-state index contributed by atoms with van der Waals surface area (Å²) in [6.07, 6.45) is 56.0. The number of allylic oxidation sites excluding steroid dienone is 6. The number of carbonyl (C=O) groups excluding carboxylic acids is 1. The second-order valence-electron chi connectivity index (χ2n) is 20.4. The molecule has 0 aromatic rings. The van der Waals surface area contributed by atoms with Gasteiger partial charge >= 0.3 is 0 Å². The maximum atomic E-state index is 13.1. The first kappa shape index (κ1) is 64.4. The summed E-state index contributed by atoms with van der Waals surface area (Å²) >= 11 is 0. The standard InChI is InChI=1S/C59H111NO8/c1-3-5-7-9-11-13-15-17-19-21-22-23-24-25-26-27-28-29-30-31-32-33-35-37-39-41-43-45-47-49-55(63)60-52(51-67-59-58(66)57(65)56(64)54(50-61)68-59)53(62)48-46-44-42-40-38-36-34-20-18-16-14-12-10-8-6-4-2/h15,17,21-22,24-25,52-54,56-59,61-62,64-66H,3-14,16,18-20,23,26-51H2,1-2H3,(H,60,63)/b17-15-,22-21-,25-24-. The quantitative estimate of drug-likeness (QED) is 0.0261. The highest BCUT2D eigenvalue weighted by molar-refractivity contribution is 5.76. The van der Waals surface area contributed by atoms with E-state index in [1.165, 1.54) is 199 Å². The Balaban J connectivity index is 2.16. The van der Waals surface area contributed by atoms with Crippen LogP contribution in [-0.4, -0.2) is 87.5 Å². The average Bonchev–Trinajstić information content (AvgIpc) is 3.34. The Morgan fingerprint density at radius 1 is 0.500 bits per heavy atom. The maximum Gasteiger partial charge on any atom is 0.220 e. The Kier molecular flexibility index (Phi) is 46.4. The maximum absolute atomic E-state index is 13.1. The highest BCUT2D eigenvalue weighted by atomic mass is 16.7. The molecule has 7 unspecified atom stereocenters. The second-order valence-corrected chi connectivity index (χ2v) is 20.4. The molecule has 1 rings (SSSR count). The van der Waals surface area contributed by atoms with E-state index in [1.807, 2.05) is 0 Å². The molecule has 0 bridgehead atoms. The van der Waals surface area contributed by atoms with Crippen molar-refractivity contribution in [2.45, 2.75) is 320 Å². The molecule has 0 radical (unpaired) electrons. The number of hydrogen-bond acceptors (Lipinski definition) is 8. The van der Waals surface area contributed by atoms with Crippen LogP contribution in [0.1, 0.15) is 277 Å². The number of rotatable bonds is 50. The molecule has 9 heteroatoms. The van der Waals surface area contributed by atoms with Crippen molar-refractivity contribution < 1.29 is 39.8 Å². The minimum absolute atomic E-state index is 0.136. The summed E-state index contributed by atoms with van der Waals surface area (Å²) in [6, 6.07) is -0.719. The molecule has 1 aliphatic heterocycles. The summed E-state index contributed by atoms with van der Waals surface area (Å²) in [5.41, 5.74) is 0. The monoisotopic (exact) mass is 962 g/mol. The van der Waals surface area contributed by atoms with Crippen LogP contribution < -0.4 is 5.32 Å². The lowest BCUT2D eigenvalue weighted by atomic mass is 9.99. The van der Waals surface area contributed by atoms with Crippen LogP contribution in [0.4, 0.5) is 0 Å². The van der Waals surface area contributed by atoms with E-state index < -0.39 is 49.5 Å². The van der Waals surface area contributed by atoms with Crippen molar-refractivity contribution in [3.63, 3.8) is 0 Å². The van der Waals surface area contributed by atoms with E-state index in [1.54, 1.807) is 0 Å². The molecule has 9 nitrogen and oxygen atoms in total.